The quantitative estimate of drug-likeness (QED) is 0.863. The van der Waals surface area contributed by atoms with Crippen molar-refractivity contribution in [3.63, 3.8) is 0 Å². The van der Waals surface area contributed by atoms with E-state index < -0.39 is 0 Å². The molecule has 0 aromatic heterocycles. The average Bonchev–Trinajstić information content (AvgIpc) is 2.42. The molecule has 2 unspecified atom stereocenters. The minimum Gasteiger partial charge on any atom is -0.508 e. The number of phenolic OH excluding ortho intramolecular Hbond substituents is 1. The Morgan fingerprint density at radius 3 is 2.35 bits per heavy atom. The lowest BCUT2D eigenvalue weighted by atomic mass is 10.0. The molecule has 2 N–H and O–H groups in total. The molecule has 2 aromatic carbocycles. The number of benzene rings is 2. The molecule has 0 radical (unpaired) electrons. The summed E-state index contributed by atoms with van der Waals surface area (Å²) >= 11 is 5.86. The molecule has 0 aliphatic carbocycles. The lowest BCUT2D eigenvalue weighted by Crippen LogP contribution is -2.22. The van der Waals surface area contributed by atoms with Gasteiger partial charge in [0.2, 0.25) is 0 Å². The molecule has 0 heterocycles. The van der Waals surface area contributed by atoms with E-state index >= 15 is 0 Å². The monoisotopic (exact) mass is 293 g/mol. The van der Waals surface area contributed by atoms with Crippen molar-refractivity contribution in [1.29, 1.82) is 0 Å². The van der Waals surface area contributed by atoms with Gasteiger partial charge in [0.15, 0.2) is 0 Å². The van der Waals surface area contributed by atoms with Crippen LogP contribution >= 0.6 is 11.6 Å². The number of hydrogen-bond acceptors (Lipinski definition) is 2. The van der Waals surface area contributed by atoms with Gasteiger partial charge in [0.25, 0.3) is 0 Å². The Morgan fingerprint density at radius 2 is 1.70 bits per heavy atom. The van der Waals surface area contributed by atoms with Gasteiger partial charge in [-0.1, -0.05) is 23.7 Å². The largest absolute Gasteiger partial charge is 0.508 e. The molecule has 2 rings (SSSR count). The van der Waals surface area contributed by atoms with Gasteiger partial charge in [0.05, 0.1) is 0 Å². The second kappa shape index (κ2) is 6.25. The number of aromatic hydroxyl groups is 1. The van der Waals surface area contributed by atoms with E-state index in [1.54, 1.807) is 0 Å². The third kappa shape index (κ3) is 3.50. The van der Waals surface area contributed by atoms with Crippen LogP contribution in [0.5, 0.6) is 5.75 Å². The van der Waals surface area contributed by atoms with E-state index in [0.717, 1.165) is 5.56 Å². The van der Waals surface area contributed by atoms with E-state index in [1.807, 2.05) is 38.1 Å². The van der Waals surface area contributed by atoms with Crippen LogP contribution in [0.4, 0.5) is 4.39 Å². The number of nitrogens with one attached hydrogen (secondary N) is 1. The summed E-state index contributed by atoms with van der Waals surface area (Å²) in [5.74, 6) is -0.264. The highest BCUT2D eigenvalue weighted by Gasteiger charge is 2.14. The van der Waals surface area contributed by atoms with Crippen LogP contribution in [0.1, 0.15) is 37.1 Å². The summed E-state index contributed by atoms with van der Waals surface area (Å²) in [6, 6.07) is 11.4. The Balaban J connectivity index is 2.12. The van der Waals surface area contributed by atoms with Crippen LogP contribution in [0.15, 0.2) is 42.5 Å². The molecule has 4 heteroatoms. The van der Waals surface area contributed by atoms with Gasteiger partial charge in [-0.25, -0.2) is 4.39 Å². The standard InChI is InChI=1S/C16H17ClFNO/c1-10(12-3-5-13(17)6-4-12)19-11(2)15-9-14(18)7-8-16(15)20/h3-11,19-20H,1-2H3. The Labute approximate surface area is 123 Å². The van der Waals surface area contributed by atoms with Crippen molar-refractivity contribution in [3.05, 3.63) is 64.4 Å². The van der Waals surface area contributed by atoms with Crippen LogP contribution in [0.2, 0.25) is 5.02 Å². The molecule has 0 saturated heterocycles. The molecule has 0 spiro atoms. The van der Waals surface area contributed by atoms with E-state index in [-0.39, 0.29) is 23.7 Å². The first kappa shape index (κ1) is 14.8. The molecule has 20 heavy (non-hydrogen) atoms. The molecule has 0 aliphatic rings. The fourth-order valence-corrected chi connectivity index (χ4v) is 2.31. The molecule has 2 nitrogen and oxygen atoms in total. The molecule has 0 saturated carbocycles. The predicted octanol–water partition coefficient (Wildman–Crippen LogP) is 4.60. The maximum absolute atomic E-state index is 13.3. The molecular formula is C16H17ClFNO. The molecule has 2 aromatic rings. The van der Waals surface area contributed by atoms with Crippen molar-refractivity contribution in [2.75, 3.05) is 0 Å². The first-order chi connectivity index (χ1) is 9.47. The van der Waals surface area contributed by atoms with Crippen molar-refractivity contribution in [1.82, 2.24) is 5.32 Å². The summed E-state index contributed by atoms with van der Waals surface area (Å²) in [6.45, 7) is 3.90. The Kier molecular flexibility index (Phi) is 4.63. The molecule has 2 atom stereocenters. The van der Waals surface area contributed by atoms with E-state index in [0.29, 0.717) is 10.6 Å². The maximum atomic E-state index is 13.3. The van der Waals surface area contributed by atoms with Crippen LogP contribution < -0.4 is 5.32 Å². The molecule has 0 fully saturated rings. The van der Waals surface area contributed by atoms with Crippen LogP contribution in [0, 0.1) is 5.82 Å². The Hall–Kier alpha value is -1.58. The fourth-order valence-electron chi connectivity index (χ4n) is 2.18. The van der Waals surface area contributed by atoms with Crippen molar-refractivity contribution < 1.29 is 9.50 Å². The molecule has 0 aliphatic heterocycles. The van der Waals surface area contributed by atoms with Gasteiger partial charge in [0.1, 0.15) is 11.6 Å². The first-order valence-corrected chi connectivity index (χ1v) is 6.85. The highest BCUT2D eigenvalue weighted by Crippen LogP contribution is 2.27. The normalized spacial score (nSPS) is 14.0. The van der Waals surface area contributed by atoms with Crippen molar-refractivity contribution in [2.24, 2.45) is 0 Å². The summed E-state index contributed by atoms with van der Waals surface area (Å²) in [6.07, 6.45) is 0. The second-order valence-corrected chi connectivity index (χ2v) is 5.30. The molecule has 106 valence electrons. The summed E-state index contributed by atoms with van der Waals surface area (Å²) < 4.78 is 13.3. The number of phenols is 1. The Morgan fingerprint density at radius 1 is 1.05 bits per heavy atom. The van der Waals surface area contributed by atoms with Gasteiger partial charge in [0, 0.05) is 22.7 Å². The lowest BCUT2D eigenvalue weighted by Gasteiger charge is -2.21. The summed E-state index contributed by atoms with van der Waals surface area (Å²) in [7, 11) is 0. The third-order valence-electron chi connectivity index (χ3n) is 3.33. The fraction of sp³-hybridized carbons (Fsp3) is 0.250. The van der Waals surface area contributed by atoms with E-state index in [1.165, 1.54) is 18.2 Å². The highest BCUT2D eigenvalue weighted by molar-refractivity contribution is 6.30. The van der Waals surface area contributed by atoms with Crippen LogP contribution in [0.3, 0.4) is 0 Å². The zero-order chi connectivity index (χ0) is 14.7. The summed E-state index contributed by atoms with van der Waals surface area (Å²) in [5.41, 5.74) is 1.63. The van der Waals surface area contributed by atoms with E-state index in [4.69, 9.17) is 11.6 Å². The smallest absolute Gasteiger partial charge is 0.123 e. The van der Waals surface area contributed by atoms with Crippen molar-refractivity contribution in [2.45, 2.75) is 25.9 Å². The third-order valence-corrected chi connectivity index (χ3v) is 3.58. The SMILES string of the molecule is CC(NC(C)c1cc(F)ccc1O)c1ccc(Cl)cc1. The van der Waals surface area contributed by atoms with Gasteiger partial charge in [-0.3, -0.25) is 0 Å². The lowest BCUT2D eigenvalue weighted by molar-refractivity contribution is 0.435. The van der Waals surface area contributed by atoms with Crippen LogP contribution in [-0.2, 0) is 0 Å². The minimum atomic E-state index is -0.356. The van der Waals surface area contributed by atoms with E-state index in [9.17, 15) is 9.50 Å². The summed E-state index contributed by atoms with van der Waals surface area (Å²) in [5, 5.41) is 13.8. The van der Waals surface area contributed by atoms with Crippen molar-refractivity contribution >= 4 is 11.6 Å². The zero-order valence-corrected chi connectivity index (χ0v) is 12.2. The highest BCUT2D eigenvalue weighted by atomic mass is 35.5. The van der Waals surface area contributed by atoms with Gasteiger partial charge in [-0.15, -0.1) is 0 Å². The van der Waals surface area contributed by atoms with Crippen LogP contribution in [0.25, 0.3) is 0 Å². The number of hydrogen-bond donors (Lipinski definition) is 2. The topological polar surface area (TPSA) is 32.3 Å². The average molecular weight is 294 g/mol. The zero-order valence-electron chi connectivity index (χ0n) is 11.4. The van der Waals surface area contributed by atoms with Crippen molar-refractivity contribution in [3.8, 4) is 5.75 Å². The maximum Gasteiger partial charge on any atom is 0.123 e. The molecule has 0 amide bonds. The first-order valence-electron chi connectivity index (χ1n) is 6.47. The van der Waals surface area contributed by atoms with Crippen LogP contribution in [-0.4, -0.2) is 5.11 Å². The molecular weight excluding hydrogens is 277 g/mol. The minimum absolute atomic E-state index is 0.0601. The number of rotatable bonds is 4. The number of halogens is 2. The van der Waals surface area contributed by atoms with E-state index in [2.05, 4.69) is 5.32 Å². The Bertz CT molecular complexity index is 586. The van der Waals surface area contributed by atoms with Gasteiger partial charge in [-0.2, -0.15) is 0 Å². The van der Waals surface area contributed by atoms with Gasteiger partial charge in [-0.05, 0) is 49.7 Å². The van der Waals surface area contributed by atoms with Gasteiger partial charge >= 0.3 is 0 Å². The molecule has 0 bridgehead atoms. The predicted molar refractivity (Wildman–Crippen MR) is 79.5 cm³/mol. The van der Waals surface area contributed by atoms with Gasteiger partial charge < -0.3 is 10.4 Å². The summed E-state index contributed by atoms with van der Waals surface area (Å²) in [4.78, 5) is 0. The second-order valence-electron chi connectivity index (χ2n) is 4.86.